The van der Waals surface area contributed by atoms with Crippen LogP contribution in [0.25, 0.3) is 0 Å². The second-order valence-corrected chi connectivity index (χ2v) is 8.54. The maximum atomic E-state index is 12.5. The van der Waals surface area contributed by atoms with Crippen LogP contribution in [0.3, 0.4) is 0 Å². The van der Waals surface area contributed by atoms with E-state index in [1.54, 1.807) is 14.0 Å². The van der Waals surface area contributed by atoms with Crippen LogP contribution in [-0.2, 0) is 16.6 Å². The highest BCUT2D eigenvalue weighted by Gasteiger charge is 2.22. The number of rotatable bonds is 4. The lowest BCUT2D eigenvalue weighted by atomic mass is 10.1. The monoisotopic (exact) mass is 384 g/mol. The highest BCUT2D eigenvalue weighted by Crippen LogP contribution is 2.24. The Bertz CT molecular complexity index is 807. The van der Waals surface area contributed by atoms with Gasteiger partial charge in [-0.3, -0.25) is 0 Å². The topological polar surface area (TPSA) is 61.2 Å². The SMILES string of the molecule is Cc1cc(S(=O)(=O)N(C)Cc2cc(Br)cs2)ccc1C#N. The van der Waals surface area contributed by atoms with Crippen LogP contribution in [0, 0.1) is 18.3 Å². The minimum Gasteiger partial charge on any atom is -0.207 e. The number of hydrogen-bond acceptors (Lipinski definition) is 4. The normalized spacial score (nSPS) is 11.6. The first-order chi connectivity index (χ1) is 9.84. The summed E-state index contributed by atoms with van der Waals surface area (Å²) in [5, 5.41) is 10.8. The molecule has 0 fully saturated rings. The van der Waals surface area contributed by atoms with Gasteiger partial charge in [0, 0.05) is 28.3 Å². The summed E-state index contributed by atoms with van der Waals surface area (Å²) in [7, 11) is -2.01. The van der Waals surface area contributed by atoms with Gasteiger partial charge in [0.05, 0.1) is 16.5 Å². The minimum absolute atomic E-state index is 0.206. The van der Waals surface area contributed by atoms with Crippen molar-refractivity contribution in [3.63, 3.8) is 0 Å². The predicted molar refractivity (Wildman–Crippen MR) is 86.6 cm³/mol. The minimum atomic E-state index is -3.56. The molecule has 1 heterocycles. The second-order valence-electron chi connectivity index (χ2n) is 4.58. The maximum Gasteiger partial charge on any atom is 0.243 e. The Kier molecular flexibility index (Phi) is 4.84. The molecule has 21 heavy (non-hydrogen) atoms. The third kappa shape index (κ3) is 3.52. The van der Waals surface area contributed by atoms with Crippen molar-refractivity contribution in [1.82, 2.24) is 4.31 Å². The highest BCUT2D eigenvalue weighted by atomic mass is 79.9. The van der Waals surface area contributed by atoms with Crippen LogP contribution in [0.1, 0.15) is 16.0 Å². The van der Waals surface area contributed by atoms with Crippen molar-refractivity contribution in [3.05, 3.63) is 50.1 Å². The van der Waals surface area contributed by atoms with Gasteiger partial charge in [0.1, 0.15) is 0 Å². The molecule has 0 unspecified atom stereocenters. The largest absolute Gasteiger partial charge is 0.243 e. The second kappa shape index (κ2) is 6.28. The van der Waals surface area contributed by atoms with Gasteiger partial charge in [-0.2, -0.15) is 9.57 Å². The first-order valence-electron chi connectivity index (χ1n) is 6.04. The van der Waals surface area contributed by atoms with E-state index in [0.717, 1.165) is 9.35 Å². The maximum absolute atomic E-state index is 12.5. The Morgan fingerprint density at radius 3 is 2.62 bits per heavy atom. The summed E-state index contributed by atoms with van der Waals surface area (Å²) >= 11 is 4.86. The molecule has 0 atom stereocenters. The zero-order valence-electron chi connectivity index (χ0n) is 11.5. The van der Waals surface area contributed by atoms with Crippen LogP contribution in [-0.4, -0.2) is 19.8 Å². The molecule has 0 saturated heterocycles. The van der Waals surface area contributed by atoms with Gasteiger partial charge in [-0.15, -0.1) is 11.3 Å². The lowest BCUT2D eigenvalue weighted by molar-refractivity contribution is 0.469. The van der Waals surface area contributed by atoms with Crippen LogP contribution < -0.4 is 0 Å². The molecule has 0 spiro atoms. The number of sulfonamides is 1. The molecule has 4 nitrogen and oxygen atoms in total. The number of nitrogens with zero attached hydrogens (tertiary/aromatic N) is 2. The van der Waals surface area contributed by atoms with Crippen molar-refractivity contribution in [1.29, 1.82) is 5.26 Å². The molecule has 0 amide bonds. The van der Waals surface area contributed by atoms with Gasteiger partial charge in [0.15, 0.2) is 0 Å². The summed E-state index contributed by atoms with van der Waals surface area (Å²) in [6.45, 7) is 2.05. The molecule has 1 aromatic heterocycles. The van der Waals surface area contributed by atoms with E-state index in [1.165, 1.54) is 33.8 Å². The van der Waals surface area contributed by atoms with E-state index >= 15 is 0 Å². The summed E-state index contributed by atoms with van der Waals surface area (Å²) in [6.07, 6.45) is 0. The van der Waals surface area contributed by atoms with Gasteiger partial charge in [0.2, 0.25) is 10.0 Å². The Morgan fingerprint density at radius 2 is 2.10 bits per heavy atom. The summed E-state index contributed by atoms with van der Waals surface area (Å²) in [6, 6.07) is 8.49. The van der Waals surface area contributed by atoms with Crippen LogP contribution in [0.5, 0.6) is 0 Å². The molecule has 0 aliphatic carbocycles. The van der Waals surface area contributed by atoms with Crippen molar-refractivity contribution in [2.75, 3.05) is 7.05 Å². The van der Waals surface area contributed by atoms with Gasteiger partial charge in [-0.1, -0.05) is 0 Å². The van der Waals surface area contributed by atoms with Crippen LogP contribution in [0.2, 0.25) is 0 Å². The van der Waals surface area contributed by atoms with Gasteiger partial charge in [0.25, 0.3) is 0 Å². The lowest BCUT2D eigenvalue weighted by Crippen LogP contribution is -2.26. The van der Waals surface area contributed by atoms with Crippen molar-refractivity contribution >= 4 is 37.3 Å². The highest BCUT2D eigenvalue weighted by molar-refractivity contribution is 9.10. The van der Waals surface area contributed by atoms with Gasteiger partial charge < -0.3 is 0 Å². The fraction of sp³-hybridized carbons (Fsp3) is 0.214. The number of hydrogen-bond donors (Lipinski definition) is 0. The van der Waals surface area contributed by atoms with Crippen LogP contribution in [0.4, 0.5) is 0 Å². The smallest absolute Gasteiger partial charge is 0.207 e. The third-order valence-corrected chi connectivity index (χ3v) is 6.51. The average Bonchev–Trinajstić information content (AvgIpc) is 2.83. The summed E-state index contributed by atoms with van der Waals surface area (Å²) < 4.78 is 27.3. The molecular weight excluding hydrogens is 372 g/mol. The third-order valence-electron chi connectivity index (χ3n) is 3.03. The van der Waals surface area contributed by atoms with E-state index in [0.29, 0.717) is 17.7 Å². The van der Waals surface area contributed by atoms with Crippen molar-refractivity contribution in [2.45, 2.75) is 18.4 Å². The van der Waals surface area contributed by atoms with Crippen LogP contribution in [0.15, 0.2) is 39.0 Å². The molecule has 2 rings (SSSR count). The molecule has 2 aromatic rings. The van der Waals surface area contributed by atoms with E-state index in [2.05, 4.69) is 15.9 Å². The molecular formula is C14H13BrN2O2S2. The summed E-state index contributed by atoms with van der Waals surface area (Å²) in [5.41, 5.74) is 1.14. The molecule has 7 heteroatoms. The average molecular weight is 385 g/mol. The van der Waals surface area contributed by atoms with Crippen LogP contribution >= 0.6 is 27.3 Å². The van der Waals surface area contributed by atoms with Crippen molar-refractivity contribution < 1.29 is 8.42 Å². The van der Waals surface area contributed by atoms with Gasteiger partial charge >= 0.3 is 0 Å². The molecule has 0 saturated carbocycles. The zero-order valence-corrected chi connectivity index (χ0v) is 14.7. The van der Waals surface area contributed by atoms with E-state index in [1.807, 2.05) is 17.5 Å². The summed E-state index contributed by atoms with van der Waals surface area (Å²) in [4.78, 5) is 1.16. The first-order valence-corrected chi connectivity index (χ1v) is 9.16. The standard InChI is InChI=1S/C14H13BrN2O2S2/c1-10-5-14(4-3-11(10)7-16)21(18,19)17(2)8-13-6-12(15)9-20-13/h3-6,9H,8H2,1-2H3. The zero-order chi connectivity index (χ0) is 15.6. The quantitative estimate of drug-likeness (QED) is 0.809. The molecule has 0 aliphatic rings. The fourth-order valence-corrected chi connectivity index (χ4v) is 4.66. The summed E-state index contributed by atoms with van der Waals surface area (Å²) in [5.74, 6) is 0. The molecule has 0 radical (unpaired) electrons. The Hall–Kier alpha value is -1.20. The number of halogens is 1. The molecule has 0 bridgehead atoms. The van der Waals surface area contributed by atoms with Crippen molar-refractivity contribution in [3.8, 4) is 6.07 Å². The number of aryl methyl sites for hydroxylation is 1. The molecule has 110 valence electrons. The Labute approximate surface area is 136 Å². The Morgan fingerprint density at radius 1 is 1.38 bits per heavy atom. The molecule has 0 N–H and O–H groups in total. The molecule has 1 aromatic carbocycles. The fourth-order valence-electron chi connectivity index (χ4n) is 1.84. The van der Waals surface area contributed by atoms with Gasteiger partial charge in [-0.25, -0.2) is 8.42 Å². The Balaban J connectivity index is 2.29. The first kappa shape index (κ1) is 16.2. The van der Waals surface area contributed by atoms with E-state index in [9.17, 15) is 8.42 Å². The van der Waals surface area contributed by atoms with Crippen molar-refractivity contribution in [2.24, 2.45) is 0 Å². The van der Waals surface area contributed by atoms with E-state index in [4.69, 9.17) is 5.26 Å². The number of benzene rings is 1. The van der Waals surface area contributed by atoms with E-state index < -0.39 is 10.0 Å². The lowest BCUT2D eigenvalue weighted by Gasteiger charge is -2.16. The van der Waals surface area contributed by atoms with E-state index in [-0.39, 0.29) is 4.90 Å². The number of thiophene rings is 1. The predicted octanol–water partition coefficient (Wildman–Crippen LogP) is 3.51. The van der Waals surface area contributed by atoms with Gasteiger partial charge in [-0.05, 0) is 52.7 Å². The molecule has 0 aliphatic heterocycles. The number of nitriles is 1.